The van der Waals surface area contributed by atoms with Crippen molar-refractivity contribution in [3.63, 3.8) is 0 Å². The van der Waals surface area contributed by atoms with Gasteiger partial charge in [0.15, 0.2) is 0 Å². The van der Waals surface area contributed by atoms with Gasteiger partial charge in [-0.1, -0.05) is 0 Å². The Hall–Kier alpha value is -1.32. The quantitative estimate of drug-likeness (QED) is 0.811. The van der Waals surface area contributed by atoms with E-state index in [1.165, 1.54) is 37.7 Å². The van der Waals surface area contributed by atoms with Gasteiger partial charge in [0.25, 0.3) is 0 Å². The Balaban J connectivity index is 1.77. The lowest BCUT2D eigenvalue weighted by Crippen LogP contribution is -2.44. The summed E-state index contributed by atoms with van der Waals surface area (Å²) in [6.45, 7) is 2.04. The third-order valence-electron chi connectivity index (χ3n) is 5.74. The molecule has 4 aliphatic carbocycles. The number of anilines is 2. The summed E-state index contributed by atoms with van der Waals surface area (Å²) in [5, 5.41) is 0. The summed E-state index contributed by atoms with van der Waals surface area (Å²) < 4.78 is 0. The van der Waals surface area contributed by atoms with E-state index in [1.807, 2.05) is 6.92 Å². The van der Waals surface area contributed by atoms with E-state index in [4.69, 9.17) is 11.5 Å². The Kier molecular flexibility index (Phi) is 2.32. The molecule has 102 valence electrons. The monoisotopic (exact) mass is 258 g/mol. The number of nitrogens with zero attached hydrogens (tertiary/aromatic N) is 2. The van der Waals surface area contributed by atoms with Gasteiger partial charge in [0.1, 0.15) is 5.82 Å². The molecule has 4 saturated carbocycles. The van der Waals surface area contributed by atoms with Crippen molar-refractivity contribution in [1.82, 2.24) is 9.97 Å². The first-order valence-electron chi connectivity index (χ1n) is 7.51. The van der Waals surface area contributed by atoms with Gasteiger partial charge in [-0.25, -0.2) is 4.98 Å². The van der Waals surface area contributed by atoms with Crippen molar-refractivity contribution in [1.29, 1.82) is 0 Å². The van der Waals surface area contributed by atoms with Gasteiger partial charge in [-0.05, 0) is 68.6 Å². The predicted octanol–water partition coefficient (Wildman–Crippen LogP) is 2.49. The molecule has 0 atom stereocenters. The molecule has 0 saturated heterocycles. The molecule has 19 heavy (non-hydrogen) atoms. The van der Waals surface area contributed by atoms with Gasteiger partial charge >= 0.3 is 0 Å². The van der Waals surface area contributed by atoms with Crippen LogP contribution in [0.2, 0.25) is 0 Å². The van der Waals surface area contributed by atoms with E-state index in [0.717, 1.165) is 29.4 Å². The Morgan fingerprint density at radius 1 is 0.895 bits per heavy atom. The molecule has 1 heterocycles. The molecule has 4 fully saturated rings. The topological polar surface area (TPSA) is 77.8 Å². The molecule has 0 radical (unpaired) electrons. The van der Waals surface area contributed by atoms with Crippen LogP contribution >= 0.6 is 0 Å². The van der Waals surface area contributed by atoms with E-state index < -0.39 is 0 Å². The number of nitrogens with two attached hydrogens (primary N) is 2. The van der Waals surface area contributed by atoms with Crippen molar-refractivity contribution in [3.05, 3.63) is 11.3 Å². The van der Waals surface area contributed by atoms with Crippen LogP contribution in [0.4, 0.5) is 11.8 Å². The summed E-state index contributed by atoms with van der Waals surface area (Å²) in [5.41, 5.74) is 14.1. The molecule has 0 unspecified atom stereocenters. The van der Waals surface area contributed by atoms with E-state index in [9.17, 15) is 0 Å². The summed E-state index contributed by atoms with van der Waals surface area (Å²) in [5.74, 6) is 5.11. The van der Waals surface area contributed by atoms with E-state index >= 15 is 0 Å². The van der Waals surface area contributed by atoms with Gasteiger partial charge in [0.2, 0.25) is 5.95 Å². The molecule has 1 aromatic rings. The maximum absolute atomic E-state index is 6.17. The Morgan fingerprint density at radius 2 is 1.47 bits per heavy atom. The number of rotatable bonds is 1. The smallest absolute Gasteiger partial charge is 0.222 e. The zero-order valence-corrected chi connectivity index (χ0v) is 11.5. The highest BCUT2D eigenvalue weighted by molar-refractivity contribution is 5.48. The standard InChI is InChI=1S/C15H22N4/c1-7-12(14(16)19-15(17)18-7)13-10-3-8-2-9(5-10)6-11(13)4-8/h8-11,13H,2-6H2,1H3,(H4,16,17,18,19). The lowest BCUT2D eigenvalue weighted by atomic mass is 9.50. The lowest BCUT2D eigenvalue weighted by Gasteiger charge is -2.54. The molecular formula is C15H22N4. The largest absolute Gasteiger partial charge is 0.383 e. The van der Waals surface area contributed by atoms with E-state index in [-0.39, 0.29) is 0 Å². The predicted molar refractivity (Wildman–Crippen MR) is 75.4 cm³/mol. The van der Waals surface area contributed by atoms with E-state index in [1.54, 1.807) is 0 Å². The summed E-state index contributed by atoms with van der Waals surface area (Å²) in [6, 6.07) is 0. The average Bonchev–Trinajstić information content (AvgIpc) is 2.30. The summed E-state index contributed by atoms with van der Waals surface area (Å²) in [7, 11) is 0. The zero-order valence-electron chi connectivity index (χ0n) is 11.5. The molecule has 4 aliphatic rings. The van der Waals surface area contributed by atoms with Crippen LogP contribution in [-0.2, 0) is 0 Å². The molecule has 0 aliphatic heterocycles. The second kappa shape index (κ2) is 3.84. The Morgan fingerprint density at radius 3 is 2.00 bits per heavy atom. The highest BCUT2D eigenvalue weighted by Gasteiger charge is 2.49. The molecule has 4 N–H and O–H groups in total. The van der Waals surface area contributed by atoms with Crippen molar-refractivity contribution in [2.75, 3.05) is 11.5 Å². The van der Waals surface area contributed by atoms with Gasteiger partial charge in [-0.15, -0.1) is 0 Å². The molecule has 4 bridgehead atoms. The SMILES string of the molecule is Cc1nc(N)nc(N)c1C1C2CC3CC(C2)CC1C3. The lowest BCUT2D eigenvalue weighted by molar-refractivity contribution is -0.00295. The molecule has 4 nitrogen and oxygen atoms in total. The van der Waals surface area contributed by atoms with Gasteiger partial charge in [0.05, 0.1) is 0 Å². The van der Waals surface area contributed by atoms with Gasteiger partial charge in [-0.3, -0.25) is 0 Å². The van der Waals surface area contributed by atoms with E-state index in [2.05, 4.69) is 9.97 Å². The van der Waals surface area contributed by atoms with Crippen molar-refractivity contribution in [2.45, 2.75) is 44.9 Å². The fraction of sp³-hybridized carbons (Fsp3) is 0.733. The Labute approximate surface area is 114 Å². The number of aromatic nitrogens is 2. The van der Waals surface area contributed by atoms with Gasteiger partial charge in [-0.2, -0.15) is 4.98 Å². The van der Waals surface area contributed by atoms with Crippen LogP contribution in [-0.4, -0.2) is 9.97 Å². The van der Waals surface area contributed by atoms with Crippen LogP contribution in [0.15, 0.2) is 0 Å². The van der Waals surface area contributed by atoms with Crippen LogP contribution in [0.5, 0.6) is 0 Å². The fourth-order valence-electron chi connectivity index (χ4n) is 5.43. The summed E-state index contributed by atoms with van der Waals surface area (Å²) in [4.78, 5) is 8.57. The molecule has 1 aromatic heterocycles. The first kappa shape index (κ1) is 11.5. The van der Waals surface area contributed by atoms with Crippen LogP contribution in [0.1, 0.15) is 49.3 Å². The first-order valence-corrected chi connectivity index (χ1v) is 7.51. The molecule has 0 aromatic carbocycles. The van der Waals surface area contributed by atoms with Crippen molar-refractivity contribution in [2.24, 2.45) is 23.7 Å². The normalized spacial score (nSPS) is 39.7. The Bertz CT molecular complexity index is 474. The zero-order chi connectivity index (χ0) is 13.1. The summed E-state index contributed by atoms with van der Waals surface area (Å²) in [6.07, 6.45) is 7.04. The molecular weight excluding hydrogens is 236 g/mol. The van der Waals surface area contributed by atoms with Crippen LogP contribution in [0, 0.1) is 30.6 Å². The number of hydrogen-bond acceptors (Lipinski definition) is 4. The third kappa shape index (κ3) is 1.65. The highest BCUT2D eigenvalue weighted by Crippen LogP contribution is 2.60. The average molecular weight is 258 g/mol. The third-order valence-corrected chi connectivity index (χ3v) is 5.74. The second-order valence-electron chi connectivity index (χ2n) is 6.92. The molecule has 4 heteroatoms. The van der Waals surface area contributed by atoms with Crippen LogP contribution < -0.4 is 11.5 Å². The minimum Gasteiger partial charge on any atom is -0.383 e. The second-order valence-corrected chi connectivity index (χ2v) is 6.92. The molecule has 5 rings (SSSR count). The van der Waals surface area contributed by atoms with Gasteiger partial charge < -0.3 is 11.5 Å². The van der Waals surface area contributed by atoms with Crippen molar-refractivity contribution < 1.29 is 0 Å². The van der Waals surface area contributed by atoms with E-state index in [0.29, 0.717) is 17.7 Å². The maximum Gasteiger partial charge on any atom is 0.222 e. The van der Waals surface area contributed by atoms with Crippen molar-refractivity contribution >= 4 is 11.8 Å². The summed E-state index contributed by atoms with van der Waals surface area (Å²) >= 11 is 0. The minimum atomic E-state index is 0.308. The first-order chi connectivity index (χ1) is 9.11. The van der Waals surface area contributed by atoms with Crippen molar-refractivity contribution in [3.8, 4) is 0 Å². The van der Waals surface area contributed by atoms with Gasteiger partial charge in [0, 0.05) is 11.3 Å². The molecule has 0 amide bonds. The number of aryl methyl sites for hydroxylation is 1. The minimum absolute atomic E-state index is 0.308. The number of nitrogen functional groups attached to an aromatic ring is 2. The van der Waals surface area contributed by atoms with Crippen LogP contribution in [0.3, 0.4) is 0 Å². The highest BCUT2D eigenvalue weighted by atomic mass is 15.0. The maximum atomic E-state index is 6.17. The molecule has 0 spiro atoms. The number of hydrogen-bond donors (Lipinski definition) is 2. The fourth-order valence-corrected chi connectivity index (χ4v) is 5.43. The van der Waals surface area contributed by atoms with Crippen LogP contribution in [0.25, 0.3) is 0 Å².